The molecule has 23 heavy (non-hydrogen) atoms. The molecule has 0 saturated carbocycles. The number of ketones is 1. The van der Waals surface area contributed by atoms with Gasteiger partial charge in [0.15, 0.2) is 5.78 Å². The Balaban J connectivity index is 2.11. The monoisotopic (exact) mass is 309 g/mol. The molecule has 0 heterocycles. The molecule has 0 atom stereocenters. The lowest BCUT2D eigenvalue weighted by atomic mass is 10.1. The third kappa shape index (κ3) is 4.64. The largest absolute Gasteiger partial charge is 0.478 e. The number of anilines is 1. The molecule has 5 heteroatoms. The van der Waals surface area contributed by atoms with Gasteiger partial charge in [0, 0.05) is 18.2 Å². The second-order valence-electron chi connectivity index (χ2n) is 4.89. The third-order valence-corrected chi connectivity index (χ3v) is 3.05. The van der Waals surface area contributed by atoms with Gasteiger partial charge in [0.1, 0.15) is 0 Å². The number of amides is 1. The summed E-state index contributed by atoms with van der Waals surface area (Å²) in [5.74, 6) is -1.41. The van der Waals surface area contributed by atoms with E-state index in [2.05, 4.69) is 5.32 Å². The number of rotatable bonds is 5. The Morgan fingerprint density at radius 3 is 2.30 bits per heavy atom. The molecule has 0 aliphatic rings. The molecule has 0 radical (unpaired) electrons. The molecule has 116 valence electrons. The molecule has 5 nitrogen and oxygen atoms in total. The van der Waals surface area contributed by atoms with E-state index < -0.39 is 5.97 Å². The Morgan fingerprint density at radius 2 is 1.70 bits per heavy atom. The topological polar surface area (TPSA) is 83.5 Å². The van der Waals surface area contributed by atoms with Gasteiger partial charge in [-0.25, -0.2) is 4.79 Å². The molecule has 2 aromatic carbocycles. The van der Waals surface area contributed by atoms with Crippen LogP contribution in [0, 0.1) is 0 Å². The lowest BCUT2D eigenvalue weighted by molar-refractivity contribution is -0.114. The van der Waals surface area contributed by atoms with E-state index in [0.717, 1.165) is 5.56 Å². The molecule has 0 aliphatic carbocycles. The highest BCUT2D eigenvalue weighted by atomic mass is 16.4. The number of hydrogen-bond acceptors (Lipinski definition) is 3. The molecule has 0 saturated heterocycles. The molecular weight excluding hydrogens is 294 g/mol. The van der Waals surface area contributed by atoms with Crippen molar-refractivity contribution >= 4 is 29.4 Å². The van der Waals surface area contributed by atoms with Crippen LogP contribution >= 0.6 is 0 Å². The number of carboxylic acid groups (broad SMARTS) is 1. The quantitative estimate of drug-likeness (QED) is 0.656. The summed E-state index contributed by atoms with van der Waals surface area (Å²) in [6.07, 6.45) is 3.02. The predicted molar refractivity (Wildman–Crippen MR) is 87.5 cm³/mol. The van der Waals surface area contributed by atoms with Crippen LogP contribution in [-0.4, -0.2) is 22.8 Å². The summed E-state index contributed by atoms with van der Waals surface area (Å²) < 4.78 is 0. The van der Waals surface area contributed by atoms with E-state index in [9.17, 15) is 14.4 Å². The molecular formula is C18H15NO4. The summed E-state index contributed by atoms with van der Waals surface area (Å²) in [4.78, 5) is 33.9. The molecule has 0 unspecified atom stereocenters. The van der Waals surface area contributed by atoms with E-state index >= 15 is 0 Å². The van der Waals surface area contributed by atoms with Gasteiger partial charge in [0.2, 0.25) is 5.91 Å². The van der Waals surface area contributed by atoms with Gasteiger partial charge in [0.05, 0.1) is 5.56 Å². The Bertz CT molecular complexity index is 776. The highest BCUT2D eigenvalue weighted by Gasteiger charge is 2.04. The zero-order chi connectivity index (χ0) is 16.8. The molecule has 2 N–H and O–H groups in total. The van der Waals surface area contributed by atoms with Gasteiger partial charge in [-0.3, -0.25) is 9.59 Å². The Hall–Kier alpha value is -3.21. The molecule has 0 spiro atoms. The van der Waals surface area contributed by atoms with Gasteiger partial charge in [-0.1, -0.05) is 30.3 Å². The first-order valence-corrected chi connectivity index (χ1v) is 6.89. The molecule has 1 amide bonds. The number of aromatic carboxylic acids is 1. The maximum Gasteiger partial charge on any atom is 0.335 e. The van der Waals surface area contributed by atoms with Gasteiger partial charge in [-0.05, 0) is 35.9 Å². The molecule has 0 aliphatic heterocycles. The summed E-state index contributed by atoms with van der Waals surface area (Å²) in [6.45, 7) is 1.40. The fourth-order valence-corrected chi connectivity index (χ4v) is 1.96. The Morgan fingerprint density at radius 1 is 1.00 bits per heavy atom. The van der Waals surface area contributed by atoms with Crippen molar-refractivity contribution in [1.82, 2.24) is 0 Å². The summed E-state index contributed by atoms with van der Waals surface area (Å²) in [7, 11) is 0. The predicted octanol–water partition coefficient (Wildman–Crippen LogP) is 3.24. The molecule has 2 rings (SSSR count). The second kappa shape index (κ2) is 7.17. The lowest BCUT2D eigenvalue weighted by Crippen LogP contribution is -2.06. The highest BCUT2D eigenvalue weighted by molar-refractivity contribution is 6.07. The molecule has 0 aromatic heterocycles. The third-order valence-electron chi connectivity index (χ3n) is 3.05. The fraction of sp³-hybridized carbons (Fsp3) is 0.0556. The van der Waals surface area contributed by atoms with Crippen LogP contribution < -0.4 is 5.32 Å². The van der Waals surface area contributed by atoms with Crippen LogP contribution in [0.1, 0.15) is 33.2 Å². The summed E-state index contributed by atoms with van der Waals surface area (Å²) in [6, 6.07) is 12.9. The van der Waals surface area contributed by atoms with Gasteiger partial charge in [0.25, 0.3) is 0 Å². The normalized spacial score (nSPS) is 10.5. The van der Waals surface area contributed by atoms with Crippen LogP contribution in [0.3, 0.4) is 0 Å². The first-order chi connectivity index (χ1) is 11.0. The minimum absolute atomic E-state index is 0.191. The first-order valence-electron chi connectivity index (χ1n) is 6.89. The number of hydrogen-bond donors (Lipinski definition) is 2. The maximum absolute atomic E-state index is 12.1. The van der Waals surface area contributed by atoms with Crippen molar-refractivity contribution in [2.75, 3.05) is 5.32 Å². The van der Waals surface area contributed by atoms with Crippen molar-refractivity contribution in [2.24, 2.45) is 0 Å². The summed E-state index contributed by atoms with van der Waals surface area (Å²) in [5, 5.41) is 11.4. The van der Waals surface area contributed by atoms with E-state index in [1.165, 1.54) is 25.1 Å². The molecule has 0 fully saturated rings. The summed E-state index contributed by atoms with van der Waals surface area (Å²) >= 11 is 0. The zero-order valence-electron chi connectivity index (χ0n) is 12.4. The maximum atomic E-state index is 12.1. The number of nitrogens with one attached hydrogen (secondary N) is 1. The van der Waals surface area contributed by atoms with Gasteiger partial charge in [-0.2, -0.15) is 0 Å². The van der Waals surface area contributed by atoms with Crippen LogP contribution in [-0.2, 0) is 4.79 Å². The van der Waals surface area contributed by atoms with E-state index in [-0.39, 0.29) is 17.3 Å². The SMILES string of the molecule is CC(=O)Nc1cccc(C(=O)/C=C/c2ccc(C(=O)O)cc2)c1. The van der Waals surface area contributed by atoms with Crippen molar-refractivity contribution in [3.05, 3.63) is 71.3 Å². The zero-order valence-corrected chi connectivity index (χ0v) is 12.4. The average Bonchev–Trinajstić information content (AvgIpc) is 2.52. The molecule has 2 aromatic rings. The number of carbonyl (C=O) groups is 3. The van der Waals surface area contributed by atoms with Gasteiger partial charge < -0.3 is 10.4 Å². The van der Waals surface area contributed by atoms with Crippen LogP contribution in [0.4, 0.5) is 5.69 Å². The minimum Gasteiger partial charge on any atom is -0.478 e. The van der Waals surface area contributed by atoms with Crippen molar-refractivity contribution in [3.63, 3.8) is 0 Å². The average molecular weight is 309 g/mol. The van der Waals surface area contributed by atoms with Crippen molar-refractivity contribution in [3.8, 4) is 0 Å². The smallest absolute Gasteiger partial charge is 0.335 e. The number of carboxylic acids is 1. The van der Waals surface area contributed by atoms with E-state index in [0.29, 0.717) is 11.3 Å². The van der Waals surface area contributed by atoms with Gasteiger partial charge in [-0.15, -0.1) is 0 Å². The Labute approximate surface area is 133 Å². The van der Waals surface area contributed by atoms with Crippen LogP contribution in [0.5, 0.6) is 0 Å². The number of carbonyl (C=O) groups excluding carboxylic acids is 2. The Kier molecular flexibility index (Phi) is 5.04. The van der Waals surface area contributed by atoms with Crippen LogP contribution in [0.15, 0.2) is 54.6 Å². The minimum atomic E-state index is -0.994. The van der Waals surface area contributed by atoms with Gasteiger partial charge >= 0.3 is 5.97 Å². The van der Waals surface area contributed by atoms with Crippen molar-refractivity contribution in [2.45, 2.75) is 6.92 Å². The number of allylic oxidation sites excluding steroid dienone is 1. The lowest BCUT2D eigenvalue weighted by Gasteiger charge is -2.03. The van der Waals surface area contributed by atoms with Crippen LogP contribution in [0.25, 0.3) is 6.08 Å². The first kappa shape index (κ1) is 16.2. The number of benzene rings is 2. The van der Waals surface area contributed by atoms with Crippen LogP contribution in [0.2, 0.25) is 0 Å². The van der Waals surface area contributed by atoms with E-state index in [1.807, 2.05) is 0 Å². The fourth-order valence-electron chi connectivity index (χ4n) is 1.96. The summed E-state index contributed by atoms with van der Waals surface area (Å²) in [5.41, 5.74) is 1.93. The molecule has 0 bridgehead atoms. The standard InChI is InChI=1S/C18H15NO4/c1-12(20)19-16-4-2-3-15(11-16)17(21)10-7-13-5-8-14(9-6-13)18(22)23/h2-11H,1H3,(H,19,20)(H,22,23)/b10-7+. The van der Waals surface area contributed by atoms with E-state index in [1.54, 1.807) is 42.5 Å². The highest BCUT2D eigenvalue weighted by Crippen LogP contribution is 2.13. The van der Waals surface area contributed by atoms with Crippen molar-refractivity contribution < 1.29 is 19.5 Å². The van der Waals surface area contributed by atoms with Crippen molar-refractivity contribution in [1.29, 1.82) is 0 Å². The van der Waals surface area contributed by atoms with E-state index in [4.69, 9.17) is 5.11 Å². The second-order valence-corrected chi connectivity index (χ2v) is 4.89.